The van der Waals surface area contributed by atoms with Crippen LogP contribution in [-0.2, 0) is 6.54 Å². The van der Waals surface area contributed by atoms with Crippen LogP contribution in [0.5, 0.6) is 5.75 Å². The smallest absolute Gasteiger partial charge is 0.477 e. The Morgan fingerprint density at radius 1 is 1.03 bits per heavy atom. The van der Waals surface area contributed by atoms with Gasteiger partial charge in [-0.3, -0.25) is 0 Å². The van der Waals surface area contributed by atoms with Gasteiger partial charge in [-0.05, 0) is 34.7 Å². The van der Waals surface area contributed by atoms with E-state index in [1.54, 1.807) is 0 Å². The van der Waals surface area contributed by atoms with E-state index >= 15 is 0 Å². The first-order chi connectivity index (χ1) is 14.5. The number of carboxylic acids is 1. The van der Waals surface area contributed by atoms with E-state index in [2.05, 4.69) is 10.1 Å². The molecule has 164 valence electrons. The summed E-state index contributed by atoms with van der Waals surface area (Å²) >= 11 is 0.845. The fraction of sp³-hybridized carbons (Fsp3) is 0.105. The lowest BCUT2D eigenvalue weighted by atomic mass is 10.0. The monoisotopic (exact) mass is 465 g/mol. The zero-order valence-corrected chi connectivity index (χ0v) is 15.8. The Kier molecular flexibility index (Phi) is 6.11. The van der Waals surface area contributed by atoms with Crippen molar-refractivity contribution in [3.8, 4) is 16.9 Å². The maximum atomic E-state index is 14.6. The lowest BCUT2D eigenvalue weighted by Gasteiger charge is -2.15. The second kappa shape index (κ2) is 8.46. The van der Waals surface area contributed by atoms with Gasteiger partial charge in [0.15, 0.2) is 23.3 Å². The Bertz CT molecular complexity index is 1120. The van der Waals surface area contributed by atoms with Crippen LogP contribution in [0.25, 0.3) is 11.1 Å². The molecular formula is C19H10F7NO3S. The maximum absolute atomic E-state index is 14.6. The summed E-state index contributed by atoms with van der Waals surface area (Å²) in [5.41, 5.74) is -2.88. The highest BCUT2D eigenvalue weighted by Crippen LogP contribution is 2.37. The maximum Gasteiger partial charge on any atom is 0.573 e. The third-order valence-corrected chi connectivity index (χ3v) is 4.96. The zero-order valence-electron chi connectivity index (χ0n) is 15.0. The molecule has 1 aromatic heterocycles. The number of hydrogen-bond acceptors (Lipinski definition) is 4. The van der Waals surface area contributed by atoms with Gasteiger partial charge in [0, 0.05) is 6.54 Å². The van der Waals surface area contributed by atoms with Gasteiger partial charge in [0.25, 0.3) is 0 Å². The Morgan fingerprint density at radius 3 is 2.26 bits per heavy atom. The number of carbonyl (C=O) groups is 1. The van der Waals surface area contributed by atoms with E-state index < -0.39 is 64.7 Å². The van der Waals surface area contributed by atoms with E-state index in [-0.39, 0.29) is 10.4 Å². The van der Waals surface area contributed by atoms with Crippen LogP contribution in [-0.4, -0.2) is 17.4 Å². The van der Waals surface area contributed by atoms with Gasteiger partial charge in [-0.2, -0.15) is 0 Å². The molecule has 0 radical (unpaired) electrons. The fourth-order valence-corrected chi connectivity index (χ4v) is 3.50. The minimum absolute atomic E-state index is 0.123. The predicted octanol–water partition coefficient (Wildman–Crippen LogP) is 6.18. The topological polar surface area (TPSA) is 58.6 Å². The summed E-state index contributed by atoms with van der Waals surface area (Å²) in [6.45, 7) is -0.452. The molecule has 3 rings (SSSR count). The molecule has 31 heavy (non-hydrogen) atoms. The number of rotatable bonds is 6. The van der Waals surface area contributed by atoms with Crippen LogP contribution < -0.4 is 10.1 Å². The van der Waals surface area contributed by atoms with Gasteiger partial charge in [0.1, 0.15) is 16.3 Å². The highest BCUT2D eigenvalue weighted by Gasteiger charge is 2.32. The normalized spacial score (nSPS) is 11.5. The zero-order chi connectivity index (χ0) is 22.9. The summed E-state index contributed by atoms with van der Waals surface area (Å²) < 4.78 is 98.8. The number of alkyl halides is 3. The van der Waals surface area contributed by atoms with E-state index in [1.165, 1.54) is 11.4 Å². The molecule has 4 nitrogen and oxygen atoms in total. The van der Waals surface area contributed by atoms with E-state index in [0.717, 1.165) is 29.5 Å². The lowest BCUT2D eigenvalue weighted by molar-refractivity contribution is -0.274. The van der Waals surface area contributed by atoms with Gasteiger partial charge in [-0.25, -0.2) is 22.4 Å². The highest BCUT2D eigenvalue weighted by molar-refractivity contribution is 7.12. The van der Waals surface area contributed by atoms with Gasteiger partial charge in [0.05, 0.1) is 5.56 Å². The second-order valence-corrected chi connectivity index (χ2v) is 6.93. The summed E-state index contributed by atoms with van der Waals surface area (Å²) in [6.07, 6.45) is -5.09. The molecule has 2 aromatic carbocycles. The first-order valence-corrected chi connectivity index (χ1v) is 9.13. The standard InChI is InChI=1S/C19H10F7NO3S/c20-12-11(8-2-1-3-10(6-8)30-19(24,25)26)13(21)15(23)16(14(12)22)27-7-9-4-5-31-17(9)18(28)29/h1-6,27H,7H2,(H,28,29). The summed E-state index contributed by atoms with van der Waals surface area (Å²) in [6, 6.07) is 4.68. The van der Waals surface area contributed by atoms with Crippen molar-refractivity contribution in [1.82, 2.24) is 0 Å². The van der Waals surface area contributed by atoms with Crippen LogP contribution in [0, 0.1) is 23.3 Å². The Morgan fingerprint density at radius 2 is 1.68 bits per heavy atom. The summed E-state index contributed by atoms with van der Waals surface area (Å²) in [4.78, 5) is 11.0. The Labute approximate surface area is 173 Å². The van der Waals surface area contributed by atoms with Crippen molar-refractivity contribution in [3.63, 3.8) is 0 Å². The first kappa shape index (κ1) is 22.4. The van der Waals surface area contributed by atoms with Gasteiger partial charge >= 0.3 is 12.3 Å². The SMILES string of the molecule is O=C(O)c1sccc1CNc1c(F)c(F)c(-c2cccc(OC(F)(F)F)c2)c(F)c1F. The van der Waals surface area contributed by atoms with Gasteiger partial charge in [0.2, 0.25) is 0 Å². The molecule has 0 saturated heterocycles. The third-order valence-electron chi connectivity index (χ3n) is 4.02. The Hall–Kier alpha value is -3.28. The van der Waals surface area contributed by atoms with Crippen molar-refractivity contribution in [1.29, 1.82) is 0 Å². The number of thiophene rings is 1. The highest BCUT2D eigenvalue weighted by atomic mass is 32.1. The van der Waals surface area contributed by atoms with E-state index in [4.69, 9.17) is 5.11 Å². The van der Waals surface area contributed by atoms with Crippen LogP contribution in [0.3, 0.4) is 0 Å². The molecule has 3 aromatic rings. The van der Waals surface area contributed by atoms with Crippen molar-refractivity contribution in [2.75, 3.05) is 5.32 Å². The van der Waals surface area contributed by atoms with Gasteiger partial charge in [-0.15, -0.1) is 24.5 Å². The molecule has 2 N–H and O–H groups in total. The Balaban J connectivity index is 1.98. The largest absolute Gasteiger partial charge is 0.573 e. The van der Waals surface area contributed by atoms with Crippen LogP contribution >= 0.6 is 11.3 Å². The van der Waals surface area contributed by atoms with Gasteiger partial charge in [-0.1, -0.05) is 12.1 Å². The number of nitrogens with one attached hydrogen (secondary N) is 1. The molecule has 0 aliphatic heterocycles. The number of halogens is 7. The molecule has 0 amide bonds. The van der Waals surface area contributed by atoms with E-state index in [0.29, 0.717) is 6.07 Å². The molecule has 0 aliphatic rings. The molecular weight excluding hydrogens is 455 g/mol. The number of ether oxygens (including phenoxy) is 1. The van der Waals surface area contributed by atoms with E-state index in [9.17, 15) is 35.5 Å². The molecule has 12 heteroatoms. The fourth-order valence-electron chi connectivity index (χ4n) is 2.74. The van der Waals surface area contributed by atoms with Gasteiger partial charge < -0.3 is 15.2 Å². The molecule has 0 atom stereocenters. The third kappa shape index (κ3) is 4.74. The minimum atomic E-state index is -5.09. The number of aromatic carboxylic acids is 1. The van der Waals surface area contributed by atoms with Crippen LogP contribution in [0.1, 0.15) is 15.2 Å². The summed E-state index contributed by atoms with van der Waals surface area (Å²) in [5, 5.41) is 12.6. The minimum Gasteiger partial charge on any atom is -0.477 e. The number of anilines is 1. The van der Waals surface area contributed by atoms with Crippen molar-refractivity contribution >= 4 is 23.0 Å². The molecule has 0 saturated carbocycles. The molecule has 0 fully saturated rings. The molecule has 0 spiro atoms. The molecule has 1 heterocycles. The average molecular weight is 465 g/mol. The average Bonchev–Trinajstić information content (AvgIpc) is 3.14. The molecule has 0 unspecified atom stereocenters. The number of benzene rings is 2. The van der Waals surface area contributed by atoms with E-state index in [1.807, 2.05) is 0 Å². The number of carboxylic acid groups (broad SMARTS) is 1. The summed E-state index contributed by atoms with van der Waals surface area (Å²) in [5.74, 6) is -9.50. The van der Waals surface area contributed by atoms with Crippen molar-refractivity contribution in [2.24, 2.45) is 0 Å². The van der Waals surface area contributed by atoms with Crippen molar-refractivity contribution < 1.29 is 45.4 Å². The molecule has 0 aliphatic carbocycles. The van der Waals surface area contributed by atoms with Crippen LogP contribution in [0.2, 0.25) is 0 Å². The quantitative estimate of drug-likeness (QED) is 0.337. The number of hydrogen-bond donors (Lipinski definition) is 2. The summed E-state index contributed by atoms with van der Waals surface area (Å²) in [7, 11) is 0. The first-order valence-electron chi connectivity index (χ1n) is 8.25. The van der Waals surface area contributed by atoms with Crippen LogP contribution in [0.4, 0.5) is 36.4 Å². The van der Waals surface area contributed by atoms with Crippen molar-refractivity contribution in [2.45, 2.75) is 12.9 Å². The van der Waals surface area contributed by atoms with Crippen molar-refractivity contribution in [3.05, 3.63) is 69.4 Å². The predicted molar refractivity (Wildman–Crippen MR) is 97.0 cm³/mol. The van der Waals surface area contributed by atoms with Crippen LogP contribution in [0.15, 0.2) is 35.7 Å². The second-order valence-electron chi connectivity index (χ2n) is 6.02. The molecule has 0 bridgehead atoms. The lowest BCUT2D eigenvalue weighted by Crippen LogP contribution is -2.17.